The van der Waals surface area contributed by atoms with Crippen LogP contribution in [0.15, 0.2) is 54.6 Å². The van der Waals surface area contributed by atoms with Gasteiger partial charge >= 0.3 is 0 Å². The maximum atomic E-state index is 6.28. The van der Waals surface area contributed by atoms with Crippen molar-refractivity contribution < 1.29 is 0 Å². The molecule has 0 aromatic heterocycles. The van der Waals surface area contributed by atoms with Crippen molar-refractivity contribution in [2.24, 2.45) is 5.73 Å². The van der Waals surface area contributed by atoms with Crippen molar-refractivity contribution in [2.75, 3.05) is 0 Å². The van der Waals surface area contributed by atoms with Gasteiger partial charge in [-0.15, -0.1) is 0 Å². The summed E-state index contributed by atoms with van der Waals surface area (Å²) in [5.74, 6) is 0.200. The Morgan fingerprint density at radius 1 is 0.941 bits per heavy atom. The molecule has 0 heterocycles. The topological polar surface area (TPSA) is 26.0 Å². The maximum Gasteiger partial charge on any atom is 0.0441 e. The molecule has 2 aromatic carbocycles. The lowest BCUT2D eigenvalue weighted by atomic mass is 9.89. The quantitative estimate of drug-likeness (QED) is 0.864. The maximum absolute atomic E-state index is 6.28. The van der Waals surface area contributed by atoms with E-state index >= 15 is 0 Å². The Labute approximate surface area is 107 Å². The summed E-state index contributed by atoms with van der Waals surface area (Å²) in [4.78, 5) is 0. The van der Waals surface area contributed by atoms with E-state index in [9.17, 15) is 0 Å². The third kappa shape index (κ3) is 2.68. The highest BCUT2D eigenvalue weighted by Crippen LogP contribution is 2.32. The first-order valence-electron chi connectivity index (χ1n) is 5.75. The van der Waals surface area contributed by atoms with E-state index in [0.29, 0.717) is 0 Å². The summed E-state index contributed by atoms with van der Waals surface area (Å²) in [5.41, 5.74) is 8.52. The van der Waals surface area contributed by atoms with E-state index < -0.39 is 0 Å². The zero-order valence-corrected chi connectivity index (χ0v) is 10.6. The minimum Gasteiger partial charge on any atom is -0.323 e. The molecule has 0 aliphatic carbocycles. The molecule has 0 saturated carbocycles. The van der Waals surface area contributed by atoms with Gasteiger partial charge in [0.15, 0.2) is 0 Å². The monoisotopic (exact) mass is 245 g/mol. The lowest BCUT2D eigenvalue weighted by Crippen LogP contribution is -2.17. The normalized spacial score (nSPS) is 14.3. The van der Waals surface area contributed by atoms with Crippen molar-refractivity contribution in [1.82, 2.24) is 0 Å². The van der Waals surface area contributed by atoms with Gasteiger partial charge in [0, 0.05) is 17.0 Å². The summed E-state index contributed by atoms with van der Waals surface area (Å²) in [5, 5.41) is 0.784. The second-order valence-corrected chi connectivity index (χ2v) is 4.65. The lowest BCUT2D eigenvalue weighted by Gasteiger charge is -2.21. The van der Waals surface area contributed by atoms with Gasteiger partial charge in [0.1, 0.15) is 0 Å². The second kappa shape index (κ2) is 5.35. The first kappa shape index (κ1) is 12.2. The number of rotatable bonds is 3. The largest absolute Gasteiger partial charge is 0.323 e. The van der Waals surface area contributed by atoms with E-state index in [1.807, 2.05) is 42.5 Å². The molecule has 0 amide bonds. The van der Waals surface area contributed by atoms with Gasteiger partial charge in [-0.25, -0.2) is 0 Å². The average molecular weight is 246 g/mol. The van der Waals surface area contributed by atoms with Crippen LogP contribution in [0.25, 0.3) is 0 Å². The van der Waals surface area contributed by atoms with Gasteiger partial charge in [0.05, 0.1) is 0 Å². The number of hydrogen-bond acceptors (Lipinski definition) is 1. The molecule has 2 unspecified atom stereocenters. The molecule has 2 aromatic rings. The van der Waals surface area contributed by atoms with Crippen LogP contribution in [0.2, 0.25) is 5.02 Å². The first-order chi connectivity index (χ1) is 8.20. The molecule has 88 valence electrons. The molecule has 0 radical (unpaired) electrons. The average Bonchev–Trinajstić information content (AvgIpc) is 2.39. The fourth-order valence-corrected chi connectivity index (χ4v) is 2.31. The molecule has 2 atom stereocenters. The molecule has 2 rings (SSSR count). The van der Waals surface area contributed by atoms with Crippen LogP contribution in [-0.4, -0.2) is 0 Å². The molecular formula is C15H16ClN. The predicted molar refractivity (Wildman–Crippen MR) is 73.2 cm³/mol. The van der Waals surface area contributed by atoms with Crippen LogP contribution < -0.4 is 5.73 Å². The smallest absolute Gasteiger partial charge is 0.0441 e. The van der Waals surface area contributed by atoms with Crippen LogP contribution in [0.1, 0.15) is 30.0 Å². The van der Waals surface area contributed by atoms with E-state index in [2.05, 4.69) is 19.1 Å². The van der Waals surface area contributed by atoms with Crippen LogP contribution >= 0.6 is 11.6 Å². The molecular weight excluding hydrogens is 230 g/mol. The second-order valence-electron chi connectivity index (χ2n) is 4.25. The van der Waals surface area contributed by atoms with Crippen molar-refractivity contribution in [1.29, 1.82) is 0 Å². The zero-order valence-electron chi connectivity index (χ0n) is 9.81. The first-order valence-corrected chi connectivity index (χ1v) is 6.13. The summed E-state index contributed by atoms with van der Waals surface area (Å²) >= 11 is 6.20. The summed E-state index contributed by atoms with van der Waals surface area (Å²) in [6, 6.07) is 18.0. The van der Waals surface area contributed by atoms with Gasteiger partial charge in [0.2, 0.25) is 0 Å². The van der Waals surface area contributed by atoms with E-state index in [0.717, 1.165) is 16.1 Å². The summed E-state index contributed by atoms with van der Waals surface area (Å²) < 4.78 is 0. The predicted octanol–water partition coefficient (Wildman–Crippen LogP) is 4.14. The van der Waals surface area contributed by atoms with Crippen LogP contribution in [-0.2, 0) is 0 Å². The van der Waals surface area contributed by atoms with Gasteiger partial charge in [-0.3, -0.25) is 0 Å². The van der Waals surface area contributed by atoms with E-state index in [-0.39, 0.29) is 12.0 Å². The Morgan fingerprint density at radius 3 is 2.18 bits per heavy atom. The Morgan fingerprint density at radius 2 is 1.53 bits per heavy atom. The number of hydrogen-bond donors (Lipinski definition) is 1. The molecule has 1 nitrogen and oxygen atoms in total. The van der Waals surface area contributed by atoms with Crippen LogP contribution in [0, 0.1) is 0 Å². The number of benzene rings is 2. The molecule has 2 heteroatoms. The molecule has 17 heavy (non-hydrogen) atoms. The zero-order chi connectivity index (χ0) is 12.3. The fourth-order valence-electron chi connectivity index (χ4n) is 2.00. The summed E-state index contributed by atoms with van der Waals surface area (Å²) in [6.07, 6.45) is 0. The van der Waals surface area contributed by atoms with Gasteiger partial charge in [-0.2, -0.15) is 0 Å². The van der Waals surface area contributed by atoms with E-state index in [1.165, 1.54) is 0 Å². The standard InChI is InChI=1S/C15H16ClN/c1-11(13-9-5-6-10-14(13)16)15(17)12-7-3-2-4-8-12/h2-11,15H,17H2,1H3. The van der Waals surface area contributed by atoms with E-state index in [1.54, 1.807) is 0 Å². The van der Waals surface area contributed by atoms with Gasteiger partial charge in [0.25, 0.3) is 0 Å². The minimum atomic E-state index is -0.0314. The van der Waals surface area contributed by atoms with Crippen molar-refractivity contribution >= 4 is 11.6 Å². The van der Waals surface area contributed by atoms with Crippen molar-refractivity contribution in [3.05, 3.63) is 70.7 Å². The van der Waals surface area contributed by atoms with Crippen LogP contribution in [0.3, 0.4) is 0 Å². The Balaban J connectivity index is 2.27. The van der Waals surface area contributed by atoms with Crippen molar-refractivity contribution in [3.8, 4) is 0 Å². The SMILES string of the molecule is CC(c1ccccc1Cl)C(N)c1ccccc1. The van der Waals surface area contributed by atoms with Gasteiger partial charge in [-0.05, 0) is 17.2 Å². The highest BCUT2D eigenvalue weighted by Gasteiger charge is 2.18. The number of halogens is 1. The third-order valence-electron chi connectivity index (χ3n) is 3.12. The summed E-state index contributed by atoms with van der Waals surface area (Å²) in [6.45, 7) is 2.11. The molecule has 2 N–H and O–H groups in total. The molecule has 0 aliphatic heterocycles. The fraction of sp³-hybridized carbons (Fsp3) is 0.200. The van der Waals surface area contributed by atoms with Gasteiger partial charge < -0.3 is 5.73 Å². The highest BCUT2D eigenvalue weighted by atomic mass is 35.5. The molecule has 0 fully saturated rings. The van der Waals surface area contributed by atoms with Crippen LogP contribution in [0.5, 0.6) is 0 Å². The molecule has 0 aliphatic rings. The highest BCUT2D eigenvalue weighted by molar-refractivity contribution is 6.31. The lowest BCUT2D eigenvalue weighted by molar-refractivity contribution is 0.598. The van der Waals surface area contributed by atoms with E-state index in [4.69, 9.17) is 17.3 Å². The summed E-state index contributed by atoms with van der Waals surface area (Å²) in [7, 11) is 0. The Hall–Kier alpha value is -1.31. The third-order valence-corrected chi connectivity index (χ3v) is 3.46. The molecule has 0 saturated heterocycles. The van der Waals surface area contributed by atoms with Crippen LogP contribution in [0.4, 0.5) is 0 Å². The Bertz CT molecular complexity index is 481. The van der Waals surface area contributed by atoms with Gasteiger partial charge in [-0.1, -0.05) is 67.1 Å². The van der Waals surface area contributed by atoms with Crippen molar-refractivity contribution in [2.45, 2.75) is 18.9 Å². The Kier molecular flexibility index (Phi) is 3.82. The molecule has 0 spiro atoms. The van der Waals surface area contributed by atoms with Crippen molar-refractivity contribution in [3.63, 3.8) is 0 Å². The minimum absolute atomic E-state index is 0.0314. The molecule has 0 bridgehead atoms. The number of nitrogens with two attached hydrogens (primary N) is 1.